The predicted octanol–water partition coefficient (Wildman–Crippen LogP) is 2.32. The molecule has 0 saturated heterocycles. The molecule has 1 aliphatic rings. The Morgan fingerprint density at radius 2 is 1.93 bits per heavy atom. The maximum absolute atomic E-state index is 11.4. The minimum Gasteiger partial charge on any atom is -0.475 e. The summed E-state index contributed by atoms with van der Waals surface area (Å²) < 4.78 is 15.2. The van der Waals surface area contributed by atoms with E-state index in [4.69, 9.17) is 19.7 Å². The van der Waals surface area contributed by atoms with E-state index in [1.807, 2.05) is 13.8 Å². The van der Waals surface area contributed by atoms with Crippen molar-refractivity contribution in [2.45, 2.75) is 46.2 Å². The van der Waals surface area contributed by atoms with Crippen LogP contribution in [0.15, 0.2) is 30.0 Å². The summed E-state index contributed by atoms with van der Waals surface area (Å²) in [7, 11) is 0. The van der Waals surface area contributed by atoms with Crippen molar-refractivity contribution in [3.05, 3.63) is 35.6 Å². The molecular weight excluding hydrogens is 374 g/mol. The quantitative estimate of drug-likeness (QED) is 0.530. The predicted molar refractivity (Wildman–Crippen MR) is 96.8 cm³/mol. The van der Waals surface area contributed by atoms with Gasteiger partial charge in [0.05, 0.1) is 18.2 Å². The Bertz CT molecular complexity index is 745. The number of ether oxygens (including phenoxy) is 3. The van der Waals surface area contributed by atoms with Crippen molar-refractivity contribution in [3.8, 4) is 5.75 Å². The second kappa shape index (κ2) is 10.8. The van der Waals surface area contributed by atoms with Crippen LogP contribution < -0.4 is 10.1 Å². The third-order valence-electron chi connectivity index (χ3n) is 3.22. The Kier molecular flexibility index (Phi) is 8.76. The zero-order valence-corrected chi connectivity index (χ0v) is 15.7. The fourth-order valence-corrected chi connectivity index (χ4v) is 2.21. The number of hydrogen-bond acceptors (Lipinski definition) is 7. The highest BCUT2D eigenvalue weighted by atomic mass is 16.7. The molecule has 1 aromatic carbocycles. The molecule has 0 bridgehead atoms. The number of hydrogen-bond donors (Lipinski definition) is 4. The molecule has 0 saturated carbocycles. The van der Waals surface area contributed by atoms with Gasteiger partial charge in [0.1, 0.15) is 12.4 Å². The van der Waals surface area contributed by atoms with Crippen LogP contribution in [0.3, 0.4) is 0 Å². The molecule has 0 aliphatic carbocycles. The molecule has 0 fully saturated rings. The lowest BCUT2D eigenvalue weighted by atomic mass is 10.1. The van der Waals surface area contributed by atoms with Crippen LogP contribution >= 0.6 is 0 Å². The SMILES string of the molecule is CC.CC(=O)Nc1cc(COC(=O)O)ccc1OC1CC(O)C=C(C(=O)O)O1. The number of carbonyl (C=O) groups is 3. The second-order valence-corrected chi connectivity index (χ2v) is 5.37. The average Bonchev–Trinajstić information content (AvgIpc) is 2.62. The molecule has 0 aromatic heterocycles. The summed E-state index contributed by atoms with van der Waals surface area (Å²) in [5.74, 6) is -2.04. The number of amides is 1. The molecule has 0 spiro atoms. The van der Waals surface area contributed by atoms with Crippen molar-refractivity contribution in [2.24, 2.45) is 0 Å². The first kappa shape index (κ1) is 22.8. The number of aliphatic hydroxyl groups is 1. The summed E-state index contributed by atoms with van der Waals surface area (Å²) in [6, 6.07) is 4.41. The van der Waals surface area contributed by atoms with E-state index in [9.17, 15) is 19.5 Å². The van der Waals surface area contributed by atoms with E-state index in [1.54, 1.807) is 0 Å². The first-order valence-electron chi connectivity index (χ1n) is 8.47. The Morgan fingerprint density at radius 1 is 1.25 bits per heavy atom. The molecule has 28 heavy (non-hydrogen) atoms. The van der Waals surface area contributed by atoms with Crippen molar-refractivity contribution in [1.82, 2.24) is 0 Å². The number of aliphatic hydroxyl groups excluding tert-OH is 1. The highest BCUT2D eigenvalue weighted by molar-refractivity contribution is 5.90. The van der Waals surface area contributed by atoms with E-state index in [-0.39, 0.29) is 24.5 Å². The number of rotatable bonds is 6. The molecule has 1 amide bonds. The van der Waals surface area contributed by atoms with Gasteiger partial charge in [0.2, 0.25) is 18.0 Å². The van der Waals surface area contributed by atoms with E-state index in [0.29, 0.717) is 5.56 Å². The number of benzene rings is 1. The van der Waals surface area contributed by atoms with Gasteiger partial charge in [-0.25, -0.2) is 9.59 Å². The molecule has 2 atom stereocenters. The van der Waals surface area contributed by atoms with Gasteiger partial charge in [-0.1, -0.05) is 19.9 Å². The van der Waals surface area contributed by atoms with E-state index >= 15 is 0 Å². The lowest BCUT2D eigenvalue weighted by Crippen LogP contribution is -2.32. The molecule has 10 nitrogen and oxygen atoms in total. The number of nitrogens with one attached hydrogen (secondary N) is 1. The zero-order chi connectivity index (χ0) is 21.3. The normalized spacial score (nSPS) is 17.8. The fraction of sp³-hybridized carbons (Fsp3) is 0.389. The molecule has 154 valence electrons. The van der Waals surface area contributed by atoms with Gasteiger partial charge in [0, 0.05) is 6.92 Å². The monoisotopic (exact) mass is 397 g/mol. The number of carbonyl (C=O) groups excluding carboxylic acids is 1. The minimum absolute atomic E-state index is 0.0137. The summed E-state index contributed by atoms with van der Waals surface area (Å²) in [5.41, 5.74) is 0.674. The number of carboxylic acid groups (broad SMARTS) is 2. The topological polar surface area (TPSA) is 152 Å². The molecule has 2 unspecified atom stereocenters. The van der Waals surface area contributed by atoms with E-state index in [2.05, 4.69) is 10.1 Å². The Labute approximate surface area is 161 Å². The number of carboxylic acids is 1. The molecular formula is C18H23NO9. The smallest absolute Gasteiger partial charge is 0.475 e. The Hall–Kier alpha value is -3.27. The van der Waals surface area contributed by atoms with Gasteiger partial charge in [-0.2, -0.15) is 0 Å². The van der Waals surface area contributed by atoms with E-state index < -0.39 is 36.2 Å². The van der Waals surface area contributed by atoms with Crippen molar-refractivity contribution in [2.75, 3.05) is 5.32 Å². The summed E-state index contributed by atoms with van der Waals surface area (Å²) in [6.07, 6.45) is -2.55. The standard InChI is InChI=1S/C16H17NO9.C2H6/c1-8(18)17-11-4-9(7-24-16(22)23)2-3-12(11)25-14-6-10(19)5-13(26-14)15(20)21;1-2/h2-5,10,14,19H,6-7H2,1H3,(H,17,18)(H,20,21)(H,22,23);1-2H3. The lowest BCUT2D eigenvalue weighted by Gasteiger charge is -2.27. The van der Waals surface area contributed by atoms with Gasteiger partial charge in [0.15, 0.2) is 0 Å². The van der Waals surface area contributed by atoms with Crippen molar-refractivity contribution < 1.29 is 43.9 Å². The van der Waals surface area contributed by atoms with Crippen molar-refractivity contribution in [1.29, 1.82) is 0 Å². The third kappa shape index (κ3) is 7.16. The number of anilines is 1. The van der Waals surface area contributed by atoms with Crippen LogP contribution in [-0.2, 0) is 25.7 Å². The number of aliphatic carboxylic acids is 1. The maximum atomic E-state index is 11.4. The van der Waals surface area contributed by atoms with Crippen LogP contribution in [0.25, 0.3) is 0 Å². The fourth-order valence-electron chi connectivity index (χ4n) is 2.21. The van der Waals surface area contributed by atoms with Gasteiger partial charge in [0.25, 0.3) is 0 Å². The summed E-state index contributed by atoms with van der Waals surface area (Å²) in [5, 5.41) is 29.8. The molecule has 1 heterocycles. The average molecular weight is 397 g/mol. The molecule has 10 heteroatoms. The summed E-state index contributed by atoms with van der Waals surface area (Å²) in [6.45, 7) is 5.04. The van der Waals surface area contributed by atoms with Crippen LogP contribution in [-0.4, -0.2) is 45.7 Å². The van der Waals surface area contributed by atoms with Crippen LogP contribution in [0, 0.1) is 0 Å². The largest absolute Gasteiger partial charge is 0.506 e. The third-order valence-corrected chi connectivity index (χ3v) is 3.22. The van der Waals surface area contributed by atoms with Crippen molar-refractivity contribution >= 4 is 23.7 Å². The van der Waals surface area contributed by atoms with Gasteiger partial charge in [-0.15, -0.1) is 0 Å². The van der Waals surface area contributed by atoms with Crippen LogP contribution in [0.2, 0.25) is 0 Å². The van der Waals surface area contributed by atoms with Gasteiger partial charge in [-0.3, -0.25) is 4.79 Å². The maximum Gasteiger partial charge on any atom is 0.506 e. The molecule has 0 radical (unpaired) electrons. The highest BCUT2D eigenvalue weighted by Gasteiger charge is 2.28. The van der Waals surface area contributed by atoms with Gasteiger partial charge >= 0.3 is 12.1 Å². The van der Waals surface area contributed by atoms with E-state index in [1.165, 1.54) is 25.1 Å². The molecule has 1 aromatic rings. The molecule has 1 aliphatic heterocycles. The first-order valence-corrected chi connectivity index (χ1v) is 8.47. The Balaban J connectivity index is 0.00000190. The van der Waals surface area contributed by atoms with Gasteiger partial charge in [-0.05, 0) is 23.8 Å². The van der Waals surface area contributed by atoms with Crippen LogP contribution in [0.5, 0.6) is 5.75 Å². The summed E-state index contributed by atoms with van der Waals surface area (Å²) >= 11 is 0. The Morgan fingerprint density at radius 3 is 2.50 bits per heavy atom. The highest BCUT2D eigenvalue weighted by Crippen LogP contribution is 2.30. The lowest BCUT2D eigenvalue weighted by molar-refractivity contribution is -0.146. The first-order chi connectivity index (χ1) is 13.2. The minimum atomic E-state index is -1.44. The van der Waals surface area contributed by atoms with Gasteiger partial charge < -0.3 is 34.8 Å². The molecule has 2 rings (SSSR count). The molecule has 4 N–H and O–H groups in total. The van der Waals surface area contributed by atoms with E-state index in [0.717, 1.165) is 6.08 Å². The second-order valence-electron chi connectivity index (χ2n) is 5.37. The van der Waals surface area contributed by atoms with Crippen LogP contribution in [0.1, 0.15) is 32.8 Å². The van der Waals surface area contributed by atoms with Crippen LogP contribution in [0.4, 0.5) is 10.5 Å². The summed E-state index contributed by atoms with van der Waals surface area (Å²) in [4.78, 5) is 32.9. The zero-order valence-electron chi connectivity index (χ0n) is 15.7. The van der Waals surface area contributed by atoms with Crippen molar-refractivity contribution in [3.63, 3.8) is 0 Å².